The summed E-state index contributed by atoms with van der Waals surface area (Å²) >= 11 is 0. The maximum Gasteiger partial charge on any atom is 0.216 e. The van der Waals surface area contributed by atoms with Gasteiger partial charge in [-0.2, -0.15) is 0 Å². The minimum atomic E-state index is -3.53. The molecular weight excluding hydrogens is 321 g/mol. The summed E-state index contributed by atoms with van der Waals surface area (Å²) in [5.41, 5.74) is 1.26. The molecule has 23 heavy (non-hydrogen) atoms. The van der Waals surface area contributed by atoms with E-state index in [1.165, 1.54) is 38.5 Å². The molecule has 0 heterocycles. The fourth-order valence-electron chi connectivity index (χ4n) is 2.03. The van der Waals surface area contributed by atoms with Crippen LogP contribution < -0.4 is 14.2 Å². The summed E-state index contributed by atoms with van der Waals surface area (Å²) in [5.74, 6) is 0.498. The van der Waals surface area contributed by atoms with Crippen LogP contribution in [0.25, 0.3) is 0 Å². The Balaban J connectivity index is 2.02. The summed E-state index contributed by atoms with van der Waals surface area (Å²) in [4.78, 5) is 0. The highest BCUT2D eigenvalue weighted by Crippen LogP contribution is 2.27. The largest absolute Gasteiger partial charge is 0.493 e. The van der Waals surface area contributed by atoms with Crippen LogP contribution in [0.2, 0.25) is 0 Å². The molecule has 0 aliphatic rings. The van der Waals surface area contributed by atoms with E-state index in [1.54, 1.807) is 18.2 Å². The SMILES string of the molecule is COc1ccc(CNS(=O)(=O)Cc2ccc(F)cc2)cc1OC. The van der Waals surface area contributed by atoms with E-state index in [4.69, 9.17) is 9.47 Å². The van der Waals surface area contributed by atoms with Crippen LogP contribution in [-0.2, 0) is 22.3 Å². The van der Waals surface area contributed by atoms with Gasteiger partial charge >= 0.3 is 0 Å². The zero-order valence-corrected chi connectivity index (χ0v) is 13.7. The lowest BCUT2D eigenvalue weighted by molar-refractivity contribution is 0.354. The van der Waals surface area contributed by atoms with Crippen molar-refractivity contribution < 1.29 is 22.3 Å². The third kappa shape index (κ3) is 4.94. The molecule has 0 unspecified atom stereocenters. The van der Waals surface area contributed by atoms with Crippen molar-refractivity contribution in [3.63, 3.8) is 0 Å². The molecule has 0 saturated carbocycles. The smallest absolute Gasteiger partial charge is 0.216 e. The molecule has 0 amide bonds. The minimum Gasteiger partial charge on any atom is -0.493 e. The Morgan fingerprint density at radius 1 is 0.957 bits per heavy atom. The molecule has 5 nitrogen and oxygen atoms in total. The van der Waals surface area contributed by atoms with Crippen molar-refractivity contribution in [2.24, 2.45) is 0 Å². The van der Waals surface area contributed by atoms with E-state index < -0.39 is 15.8 Å². The van der Waals surface area contributed by atoms with Crippen molar-refractivity contribution in [3.8, 4) is 11.5 Å². The van der Waals surface area contributed by atoms with Crippen LogP contribution in [0.1, 0.15) is 11.1 Å². The number of hydrogen-bond donors (Lipinski definition) is 1. The highest BCUT2D eigenvalue weighted by Gasteiger charge is 2.12. The molecule has 124 valence electrons. The fraction of sp³-hybridized carbons (Fsp3) is 0.250. The molecule has 0 bridgehead atoms. The zero-order chi connectivity index (χ0) is 16.9. The van der Waals surface area contributed by atoms with E-state index in [-0.39, 0.29) is 12.3 Å². The molecule has 2 aromatic rings. The summed E-state index contributed by atoms with van der Waals surface area (Å²) in [5, 5.41) is 0. The molecule has 0 aliphatic heterocycles. The van der Waals surface area contributed by atoms with Crippen LogP contribution in [0.4, 0.5) is 4.39 Å². The Bertz CT molecular complexity index is 760. The van der Waals surface area contributed by atoms with E-state index in [0.717, 1.165) is 5.56 Å². The number of ether oxygens (including phenoxy) is 2. The minimum absolute atomic E-state index is 0.129. The molecule has 2 aromatic carbocycles. The third-order valence-corrected chi connectivity index (χ3v) is 4.51. The van der Waals surface area contributed by atoms with E-state index in [0.29, 0.717) is 17.1 Å². The van der Waals surface area contributed by atoms with Gasteiger partial charge in [-0.25, -0.2) is 17.5 Å². The maximum absolute atomic E-state index is 12.8. The van der Waals surface area contributed by atoms with E-state index in [9.17, 15) is 12.8 Å². The lowest BCUT2D eigenvalue weighted by Crippen LogP contribution is -2.24. The molecule has 0 radical (unpaired) electrons. The maximum atomic E-state index is 12.8. The topological polar surface area (TPSA) is 64.6 Å². The zero-order valence-electron chi connectivity index (χ0n) is 12.9. The summed E-state index contributed by atoms with van der Waals surface area (Å²) in [6, 6.07) is 10.5. The van der Waals surface area contributed by atoms with Gasteiger partial charge in [-0.15, -0.1) is 0 Å². The molecule has 0 spiro atoms. The first kappa shape index (κ1) is 17.2. The number of nitrogens with one attached hydrogen (secondary N) is 1. The van der Waals surface area contributed by atoms with Gasteiger partial charge < -0.3 is 9.47 Å². The lowest BCUT2D eigenvalue weighted by Gasteiger charge is -2.11. The Kier molecular flexibility index (Phi) is 5.57. The van der Waals surface area contributed by atoms with E-state index in [2.05, 4.69) is 4.72 Å². The summed E-state index contributed by atoms with van der Waals surface area (Å²) in [7, 11) is -0.481. The predicted molar refractivity (Wildman–Crippen MR) is 85.4 cm³/mol. The first-order chi connectivity index (χ1) is 10.9. The molecule has 0 fully saturated rings. The van der Waals surface area contributed by atoms with Gasteiger partial charge in [0.1, 0.15) is 5.82 Å². The molecule has 1 N–H and O–H groups in total. The molecule has 0 aromatic heterocycles. The predicted octanol–water partition coefficient (Wildman–Crippen LogP) is 2.46. The molecule has 2 rings (SSSR count). The number of rotatable bonds is 7. The second-order valence-corrected chi connectivity index (χ2v) is 6.70. The summed E-state index contributed by atoms with van der Waals surface area (Å²) in [6.07, 6.45) is 0. The number of benzene rings is 2. The highest BCUT2D eigenvalue weighted by atomic mass is 32.2. The first-order valence-electron chi connectivity index (χ1n) is 6.86. The van der Waals surface area contributed by atoms with Gasteiger partial charge in [-0.1, -0.05) is 18.2 Å². The number of methoxy groups -OCH3 is 2. The highest BCUT2D eigenvalue weighted by molar-refractivity contribution is 7.88. The average molecular weight is 339 g/mol. The van der Waals surface area contributed by atoms with Crippen molar-refractivity contribution in [2.75, 3.05) is 14.2 Å². The fourth-order valence-corrected chi connectivity index (χ4v) is 3.15. The molecule has 0 aliphatic carbocycles. The third-order valence-electron chi connectivity index (χ3n) is 3.21. The van der Waals surface area contributed by atoms with Crippen LogP contribution >= 0.6 is 0 Å². The number of hydrogen-bond acceptors (Lipinski definition) is 4. The van der Waals surface area contributed by atoms with Crippen LogP contribution in [0.15, 0.2) is 42.5 Å². The van der Waals surface area contributed by atoms with Gasteiger partial charge in [0.05, 0.1) is 20.0 Å². The molecule has 0 atom stereocenters. The Labute approximate surface area is 135 Å². The van der Waals surface area contributed by atoms with Crippen molar-refractivity contribution in [1.29, 1.82) is 0 Å². The summed E-state index contributed by atoms with van der Waals surface area (Å²) in [6.45, 7) is 0.129. The Morgan fingerprint density at radius 3 is 2.17 bits per heavy atom. The van der Waals surface area contributed by atoms with Crippen LogP contribution in [0.5, 0.6) is 11.5 Å². The standard InChI is InChI=1S/C16H18FNO4S/c1-21-15-8-5-13(9-16(15)22-2)10-18-23(19,20)11-12-3-6-14(17)7-4-12/h3-9,18H,10-11H2,1-2H3. The van der Waals surface area contributed by atoms with Gasteiger partial charge in [0, 0.05) is 6.54 Å². The second-order valence-electron chi connectivity index (χ2n) is 4.90. The van der Waals surface area contributed by atoms with Gasteiger partial charge in [0.15, 0.2) is 11.5 Å². The number of sulfonamides is 1. The van der Waals surface area contributed by atoms with E-state index in [1.807, 2.05) is 0 Å². The molecule has 0 saturated heterocycles. The quantitative estimate of drug-likeness (QED) is 0.842. The van der Waals surface area contributed by atoms with Crippen molar-refractivity contribution in [3.05, 3.63) is 59.4 Å². The van der Waals surface area contributed by atoms with Gasteiger partial charge in [-0.3, -0.25) is 0 Å². The van der Waals surface area contributed by atoms with Gasteiger partial charge in [0.2, 0.25) is 10.0 Å². The Morgan fingerprint density at radius 2 is 1.57 bits per heavy atom. The van der Waals surface area contributed by atoms with Crippen molar-refractivity contribution >= 4 is 10.0 Å². The van der Waals surface area contributed by atoms with Crippen LogP contribution in [-0.4, -0.2) is 22.6 Å². The second kappa shape index (κ2) is 7.43. The average Bonchev–Trinajstić information content (AvgIpc) is 2.54. The summed E-state index contributed by atoms with van der Waals surface area (Å²) < 4.78 is 49.8. The normalized spacial score (nSPS) is 11.3. The van der Waals surface area contributed by atoms with Crippen molar-refractivity contribution in [1.82, 2.24) is 4.72 Å². The van der Waals surface area contributed by atoms with Crippen LogP contribution in [0, 0.1) is 5.82 Å². The molecule has 7 heteroatoms. The number of halogens is 1. The van der Waals surface area contributed by atoms with Crippen LogP contribution in [0.3, 0.4) is 0 Å². The molecular formula is C16H18FNO4S. The van der Waals surface area contributed by atoms with Gasteiger partial charge in [-0.05, 0) is 35.4 Å². The monoisotopic (exact) mass is 339 g/mol. The van der Waals surface area contributed by atoms with E-state index >= 15 is 0 Å². The Hall–Kier alpha value is -2.12. The lowest BCUT2D eigenvalue weighted by atomic mass is 10.2. The van der Waals surface area contributed by atoms with Crippen molar-refractivity contribution in [2.45, 2.75) is 12.3 Å². The first-order valence-corrected chi connectivity index (χ1v) is 8.51. The van der Waals surface area contributed by atoms with Gasteiger partial charge in [0.25, 0.3) is 0 Å².